The normalized spacial score (nSPS) is 11.8. The first kappa shape index (κ1) is 12.1. The largest absolute Gasteiger partial charge is 0.455 e. The van der Waals surface area contributed by atoms with Crippen LogP contribution in [0.5, 0.6) is 0 Å². The highest BCUT2D eigenvalue weighted by atomic mass is 79.9. The Hall–Kier alpha value is -1.36. The molecule has 0 aliphatic carbocycles. The van der Waals surface area contributed by atoms with Crippen molar-refractivity contribution in [2.24, 2.45) is 0 Å². The Balaban J connectivity index is 2.40. The van der Waals surface area contributed by atoms with E-state index in [1.54, 1.807) is 0 Å². The summed E-state index contributed by atoms with van der Waals surface area (Å²) in [7, 11) is 0. The van der Waals surface area contributed by atoms with Crippen LogP contribution in [0.4, 0.5) is 0 Å². The second-order valence-electron chi connectivity index (χ2n) is 4.76. The third kappa shape index (κ3) is 2.66. The Morgan fingerprint density at radius 1 is 1.41 bits per heavy atom. The molecular weight excluding hydrogens is 284 g/mol. The first-order valence-corrected chi connectivity index (χ1v) is 6.03. The molecule has 0 spiro atoms. The zero-order chi connectivity index (χ0) is 12.6. The molecule has 0 radical (unpaired) electrons. The Kier molecular flexibility index (Phi) is 2.95. The van der Waals surface area contributed by atoms with Gasteiger partial charge in [0, 0.05) is 9.86 Å². The summed E-state index contributed by atoms with van der Waals surface area (Å²) < 4.78 is 6.22. The van der Waals surface area contributed by atoms with Crippen molar-refractivity contribution >= 4 is 32.8 Å². The zero-order valence-electron chi connectivity index (χ0n) is 9.87. The minimum absolute atomic E-state index is 0.322. The summed E-state index contributed by atoms with van der Waals surface area (Å²) >= 11 is 3.36. The van der Waals surface area contributed by atoms with Gasteiger partial charge in [-0.15, -0.1) is 0 Å². The van der Waals surface area contributed by atoms with Crippen LogP contribution in [0.1, 0.15) is 31.3 Å². The smallest absolute Gasteiger partial charge is 0.360 e. The van der Waals surface area contributed by atoms with Gasteiger partial charge in [-0.3, -0.25) is 5.10 Å². The molecule has 0 atom stereocenters. The highest BCUT2D eigenvalue weighted by molar-refractivity contribution is 9.10. The molecule has 0 amide bonds. The number of nitrogens with one attached hydrogen (secondary N) is 1. The van der Waals surface area contributed by atoms with Gasteiger partial charge in [0.05, 0.1) is 5.52 Å². The van der Waals surface area contributed by atoms with E-state index in [4.69, 9.17) is 4.74 Å². The summed E-state index contributed by atoms with van der Waals surface area (Å²) in [6.45, 7) is 5.49. The minimum Gasteiger partial charge on any atom is -0.455 e. The fraction of sp³-hybridized carbons (Fsp3) is 0.333. The lowest BCUT2D eigenvalue weighted by molar-refractivity contribution is 0.00651. The van der Waals surface area contributed by atoms with E-state index in [-0.39, 0.29) is 0 Å². The van der Waals surface area contributed by atoms with Crippen LogP contribution in [0.15, 0.2) is 22.7 Å². The molecule has 1 N–H and O–H groups in total. The van der Waals surface area contributed by atoms with Crippen molar-refractivity contribution in [1.29, 1.82) is 0 Å². The number of nitrogens with zero attached hydrogens (tertiary/aromatic N) is 1. The van der Waals surface area contributed by atoms with Crippen LogP contribution in [0.25, 0.3) is 10.9 Å². The highest BCUT2D eigenvalue weighted by Gasteiger charge is 2.21. The molecular formula is C12H13BrN2O2. The molecule has 0 saturated carbocycles. The average Bonchev–Trinajstić information content (AvgIpc) is 2.57. The predicted molar refractivity (Wildman–Crippen MR) is 69.0 cm³/mol. The third-order valence-corrected chi connectivity index (χ3v) is 2.61. The van der Waals surface area contributed by atoms with E-state index in [0.717, 1.165) is 15.4 Å². The predicted octanol–water partition coefficient (Wildman–Crippen LogP) is 3.28. The molecule has 0 saturated heterocycles. The van der Waals surface area contributed by atoms with E-state index in [2.05, 4.69) is 26.1 Å². The number of ether oxygens (including phenoxy) is 1. The molecule has 1 heterocycles. The molecule has 0 aliphatic heterocycles. The van der Waals surface area contributed by atoms with Gasteiger partial charge < -0.3 is 4.74 Å². The first-order valence-electron chi connectivity index (χ1n) is 5.24. The van der Waals surface area contributed by atoms with Gasteiger partial charge in [0.25, 0.3) is 0 Å². The standard InChI is InChI=1S/C12H13BrN2O2/c1-12(2,3)17-11(16)10-8-5-4-7(13)6-9(8)14-15-10/h4-6H,1-3H3,(H,14,15). The quantitative estimate of drug-likeness (QED) is 0.822. The lowest BCUT2D eigenvalue weighted by Gasteiger charge is -2.18. The van der Waals surface area contributed by atoms with Crippen LogP contribution in [-0.2, 0) is 4.74 Å². The number of hydrogen-bond acceptors (Lipinski definition) is 3. The van der Waals surface area contributed by atoms with Crippen LogP contribution >= 0.6 is 15.9 Å². The molecule has 4 nitrogen and oxygen atoms in total. The van der Waals surface area contributed by atoms with Crippen LogP contribution < -0.4 is 0 Å². The van der Waals surface area contributed by atoms with Crippen molar-refractivity contribution in [2.45, 2.75) is 26.4 Å². The van der Waals surface area contributed by atoms with Crippen molar-refractivity contribution in [3.8, 4) is 0 Å². The topological polar surface area (TPSA) is 55.0 Å². The average molecular weight is 297 g/mol. The summed E-state index contributed by atoms with van der Waals surface area (Å²) in [5, 5.41) is 7.58. The van der Waals surface area contributed by atoms with Gasteiger partial charge in [0.2, 0.25) is 0 Å². The van der Waals surface area contributed by atoms with Gasteiger partial charge >= 0.3 is 5.97 Å². The van der Waals surface area contributed by atoms with Crippen molar-refractivity contribution in [2.75, 3.05) is 0 Å². The molecule has 1 aromatic heterocycles. The van der Waals surface area contributed by atoms with Gasteiger partial charge in [0.15, 0.2) is 5.69 Å². The number of hydrogen-bond donors (Lipinski definition) is 1. The van der Waals surface area contributed by atoms with Crippen molar-refractivity contribution < 1.29 is 9.53 Å². The van der Waals surface area contributed by atoms with E-state index >= 15 is 0 Å². The van der Waals surface area contributed by atoms with E-state index in [0.29, 0.717) is 5.69 Å². The number of aromatic nitrogens is 2. The Morgan fingerprint density at radius 2 is 2.12 bits per heavy atom. The Labute approximate surface area is 107 Å². The fourth-order valence-corrected chi connectivity index (χ4v) is 1.83. The summed E-state index contributed by atoms with van der Waals surface area (Å²) in [4.78, 5) is 11.9. The molecule has 90 valence electrons. The molecule has 0 aliphatic rings. The van der Waals surface area contributed by atoms with Gasteiger partial charge in [-0.1, -0.05) is 15.9 Å². The summed E-state index contributed by atoms with van der Waals surface area (Å²) in [6, 6.07) is 5.57. The monoisotopic (exact) mass is 296 g/mol. The molecule has 0 unspecified atom stereocenters. The molecule has 2 aromatic rings. The van der Waals surface area contributed by atoms with Crippen molar-refractivity contribution in [3.05, 3.63) is 28.4 Å². The maximum absolute atomic E-state index is 11.9. The summed E-state index contributed by atoms with van der Waals surface area (Å²) in [6.07, 6.45) is 0. The number of carbonyl (C=O) groups is 1. The van der Waals surface area contributed by atoms with E-state index in [1.807, 2.05) is 39.0 Å². The zero-order valence-corrected chi connectivity index (χ0v) is 11.5. The molecule has 0 fully saturated rings. The Morgan fingerprint density at radius 3 is 2.76 bits per heavy atom. The molecule has 17 heavy (non-hydrogen) atoms. The minimum atomic E-state index is -0.516. The number of aromatic amines is 1. The van der Waals surface area contributed by atoms with E-state index in [9.17, 15) is 4.79 Å². The SMILES string of the molecule is CC(C)(C)OC(=O)c1n[nH]c2cc(Br)ccc12. The maximum Gasteiger partial charge on any atom is 0.360 e. The van der Waals surface area contributed by atoms with E-state index < -0.39 is 11.6 Å². The number of carbonyl (C=O) groups excluding carboxylic acids is 1. The van der Waals surface area contributed by atoms with Gasteiger partial charge in [-0.05, 0) is 39.0 Å². The van der Waals surface area contributed by atoms with Crippen molar-refractivity contribution in [1.82, 2.24) is 10.2 Å². The maximum atomic E-state index is 11.9. The number of benzene rings is 1. The van der Waals surface area contributed by atoms with Gasteiger partial charge in [-0.25, -0.2) is 4.79 Å². The number of fused-ring (bicyclic) bond motifs is 1. The van der Waals surface area contributed by atoms with Gasteiger partial charge in [-0.2, -0.15) is 5.10 Å². The number of halogens is 1. The third-order valence-electron chi connectivity index (χ3n) is 2.12. The number of esters is 1. The second-order valence-corrected chi connectivity index (χ2v) is 5.68. The lowest BCUT2D eigenvalue weighted by atomic mass is 10.2. The van der Waals surface area contributed by atoms with Crippen LogP contribution in [0.3, 0.4) is 0 Å². The Bertz CT molecular complexity index is 569. The number of H-pyrrole nitrogens is 1. The first-order chi connectivity index (χ1) is 7.87. The number of rotatable bonds is 1. The lowest BCUT2D eigenvalue weighted by Crippen LogP contribution is -2.24. The highest BCUT2D eigenvalue weighted by Crippen LogP contribution is 2.22. The van der Waals surface area contributed by atoms with E-state index in [1.165, 1.54) is 0 Å². The fourth-order valence-electron chi connectivity index (χ4n) is 1.47. The van der Waals surface area contributed by atoms with Crippen LogP contribution in [-0.4, -0.2) is 21.8 Å². The molecule has 5 heteroatoms. The molecule has 2 rings (SSSR count). The second kappa shape index (κ2) is 4.14. The van der Waals surface area contributed by atoms with Crippen LogP contribution in [0.2, 0.25) is 0 Å². The van der Waals surface area contributed by atoms with Crippen LogP contribution in [0, 0.1) is 0 Å². The molecule has 0 bridgehead atoms. The van der Waals surface area contributed by atoms with Gasteiger partial charge in [0.1, 0.15) is 5.60 Å². The summed E-state index contributed by atoms with van der Waals surface area (Å²) in [5.74, 6) is -0.411. The van der Waals surface area contributed by atoms with Crippen molar-refractivity contribution in [3.63, 3.8) is 0 Å². The summed E-state index contributed by atoms with van der Waals surface area (Å²) in [5.41, 5.74) is 0.611. The molecule has 1 aromatic carbocycles.